The van der Waals surface area contributed by atoms with E-state index in [1.807, 2.05) is 18.2 Å². The molecule has 0 atom stereocenters. The minimum absolute atomic E-state index is 0.0433. The molecular weight excluding hydrogens is 298 g/mol. The highest BCUT2D eigenvalue weighted by Crippen LogP contribution is 2.44. The summed E-state index contributed by atoms with van der Waals surface area (Å²) in [6.07, 6.45) is 3.75. The predicted octanol–water partition coefficient (Wildman–Crippen LogP) is 2.30. The predicted molar refractivity (Wildman–Crippen MR) is 88.1 cm³/mol. The van der Waals surface area contributed by atoms with Gasteiger partial charge in [0.1, 0.15) is 0 Å². The molecular formula is C16H21N3O2S. The zero-order valence-electron chi connectivity index (χ0n) is 12.5. The number of aromatic nitrogens is 1. The number of benzene rings is 1. The van der Waals surface area contributed by atoms with Gasteiger partial charge in [-0.2, -0.15) is 0 Å². The van der Waals surface area contributed by atoms with Gasteiger partial charge in [0.05, 0.1) is 21.8 Å². The topological polar surface area (TPSA) is 74.2 Å². The third-order valence-corrected chi connectivity index (χ3v) is 5.20. The maximum atomic E-state index is 11.7. The molecule has 0 unspecified atom stereocenters. The second-order valence-electron chi connectivity index (χ2n) is 5.95. The van der Waals surface area contributed by atoms with Crippen LogP contribution in [0.1, 0.15) is 24.3 Å². The number of amides is 2. The standard InChI is InChI=1S/C16H21N3O2S/c20-11-16(7-8-16)10-18-15(21)17-9-3-6-14-19-12-4-1-2-5-13(12)22-14/h1-2,4-5,20H,3,6-11H2,(H2,17,18,21). The summed E-state index contributed by atoms with van der Waals surface area (Å²) in [5.41, 5.74) is 1.00. The summed E-state index contributed by atoms with van der Waals surface area (Å²) in [7, 11) is 0. The van der Waals surface area contributed by atoms with Gasteiger partial charge in [0.2, 0.25) is 0 Å². The van der Waals surface area contributed by atoms with E-state index in [-0.39, 0.29) is 18.1 Å². The van der Waals surface area contributed by atoms with Crippen molar-refractivity contribution in [3.63, 3.8) is 0 Å². The monoisotopic (exact) mass is 319 g/mol. The van der Waals surface area contributed by atoms with Gasteiger partial charge in [-0.1, -0.05) is 12.1 Å². The fraction of sp³-hybridized carbons (Fsp3) is 0.500. The number of carbonyl (C=O) groups is 1. The van der Waals surface area contributed by atoms with E-state index in [1.54, 1.807) is 11.3 Å². The summed E-state index contributed by atoms with van der Waals surface area (Å²) in [4.78, 5) is 16.2. The van der Waals surface area contributed by atoms with Gasteiger partial charge >= 0.3 is 6.03 Å². The normalized spacial score (nSPS) is 15.7. The van der Waals surface area contributed by atoms with Crippen molar-refractivity contribution in [2.75, 3.05) is 19.7 Å². The van der Waals surface area contributed by atoms with Crippen molar-refractivity contribution >= 4 is 27.6 Å². The van der Waals surface area contributed by atoms with E-state index < -0.39 is 0 Å². The van der Waals surface area contributed by atoms with Crippen LogP contribution < -0.4 is 10.6 Å². The number of aryl methyl sites for hydroxylation is 1. The molecule has 6 heteroatoms. The van der Waals surface area contributed by atoms with Gasteiger partial charge in [-0.25, -0.2) is 9.78 Å². The lowest BCUT2D eigenvalue weighted by molar-refractivity contribution is 0.203. The average Bonchev–Trinajstić information content (AvgIpc) is 3.21. The number of thiazole rings is 1. The molecule has 0 spiro atoms. The molecule has 2 amide bonds. The van der Waals surface area contributed by atoms with E-state index in [4.69, 9.17) is 0 Å². The van der Waals surface area contributed by atoms with Crippen LogP contribution in [0.3, 0.4) is 0 Å². The van der Waals surface area contributed by atoms with Gasteiger partial charge in [0, 0.05) is 24.9 Å². The molecule has 3 N–H and O–H groups in total. The van der Waals surface area contributed by atoms with Crippen LogP contribution in [0.2, 0.25) is 0 Å². The lowest BCUT2D eigenvalue weighted by atomic mass is 10.1. The Kier molecular flexibility index (Phi) is 4.59. The summed E-state index contributed by atoms with van der Waals surface area (Å²) in [6, 6.07) is 7.97. The third-order valence-electron chi connectivity index (χ3n) is 4.11. The van der Waals surface area contributed by atoms with Crippen molar-refractivity contribution < 1.29 is 9.90 Å². The van der Waals surface area contributed by atoms with Gasteiger partial charge in [-0.05, 0) is 31.4 Å². The fourth-order valence-electron chi connectivity index (χ4n) is 2.37. The van der Waals surface area contributed by atoms with Crippen LogP contribution in [0.4, 0.5) is 4.79 Å². The van der Waals surface area contributed by atoms with Crippen LogP contribution in [-0.4, -0.2) is 35.8 Å². The molecule has 1 fully saturated rings. The van der Waals surface area contributed by atoms with Gasteiger partial charge in [0.15, 0.2) is 0 Å². The number of para-hydroxylation sites is 1. The van der Waals surface area contributed by atoms with E-state index in [0.29, 0.717) is 13.1 Å². The first-order chi connectivity index (χ1) is 10.7. The number of aliphatic hydroxyl groups excluding tert-OH is 1. The summed E-state index contributed by atoms with van der Waals surface area (Å²) < 4.78 is 1.21. The number of aliphatic hydroxyl groups is 1. The van der Waals surface area contributed by atoms with Crippen molar-refractivity contribution in [3.8, 4) is 0 Å². The van der Waals surface area contributed by atoms with Gasteiger partial charge < -0.3 is 15.7 Å². The number of nitrogens with zero attached hydrogens (tertiary/aromatic N) is 1. The molecule has 5 nitrogen and oxygen atoms in total. The van der Waals surface area contributed by atoms with Crippen molar-refractivity contribution in [2.45, 2.75) is 25.7 Å². The van der Waals surface area contributed by atoms with Crippen molar-refractivity contribution in [1.82, 2.24) is 15.6 Å². The molecule has 118 valence electrons. The van der Waals surface area contributed by atoms with Gasteiger partial charge in [-0.15, -0.1) is 11.3 Å². The minimum atomic E-state index is -0.149. The zero-order valence-corrected chi connectivity index (χ0v) is 13.3. The Morgan fingerprint density at radius 3 is 2.86 bits per heavy atom. The lowest BCUT2D eigenvalue weighted by Crippen LogP contribution is -2.40. The number of urea groups is 1. The van der Waals surface area contributed by atoms with Crippen LogP contribution >= 0.6 is 11.3 Å². The molecule has 0 aliphatic heterocycles. The smallest absolute Gasteiger partial charge is 0.314 e. The number of hydrogen-bond acceptors (Lipinski definition) is 4. The molecule has 1 heterocycles. The number of nitrogens with one attached hydrogen (secondary N) is 2. The largest absolute Gasteiger partial charge is 0.396 e. The molecule has 3 rings (SSSR count). The first kappa shape index (κ1) is 15.2. The third kappa shape index (κ3) is 3.75. The first-order valence-corrected chi connectivity index (χ1v) is 8.49. The average molecular weight is 319 g/mol. The molecule has 1 saturated carbocycles. The maximum Gasteiger partial charge on any atom is 0.314 e. The highest BCUT2D eigenvalue weighted by molar-refractivity contribution is 7.18. The number of fused-ring (bicyclic) bond motifs is 1. The summed E-state index contributed by atoms with van der Waals surface area (Å²) in [6.45, 7) is 1.35. The second-order valence-corrected chi connectivity index (χ2v) is 7.06. The molecule has 2 aromatic rings. The quantitative estimate of drug-likeness (QED) is 0.686. The zero-order chi connectivity index (χ0) is 15.4. The molecule has 0 bridgehead atoms. The van der Waals surface area contributed by atoms with Crippen LogP contribution in [0, 0.1) is 5.41 Å². The molecule has 22 heavy (non-hydrogen) atoms. The Labute approximate surface area is 133 Å². The van der Waals surface area contributed by atoms with Crippen molar-refractivity contribution in [2.24, 2.45) is 5.41 Å². The number of carbonyl (C=O) groups excluding carboxylic acids is 1. The van der Waals surface area contributed by atoms with Crippen LogP contribution in [0.25, 0.3) is 10.2 Å². The van der Waals surface area contributed by atoms with E-state index >= 15 is 0 Å². The Morgan fingerprint density at radius 2 is 2.14 bits per heavy atom. The summed E-state index contributed by atoms with van der Waals surface area (Å²) in [5, 5.41) is 16.0. The minimum Gasteiger partial charge on any atom is -0.396 e. The van der Waals surface area contributed by atoms with Gasteiger partial charge in [-0.3, -0.25) is 0 Å². The fourth-order valence-corrected chi connectivity index (χ4v) is 3.38. The molecule has 0 saturated heterocycles. The van der Waals surface area contributed by atoms with E-state index in [0.717, 1.165) is 36.2 Å². The van der Waals surface area contributed by atoms with Gasteiger partial charge in [0.25, 0.3) is 0 Å². The number of hydrogen-bond donors (Lipinski definition) is 3. The van der Waals surface area contributed by atoms with Crippen molar-refractivity contribution in [1.29, 1.82) is 0 Å². The van der Waals surface area contributed by atoms with E-state index in [9.17, 15) is 9.90 Å². The number of rotatable bonds is 7. The molecule has 0 radical (unpaired) electrons. The Hall–Kier alpha value is -1.66. The summed E-state index contributed by atoms with van der Waals surface area (Å²) in [5.74, 6) is 0. The van der Waals surface area contributed by atoms with E-state index in [2.05, 4.69) is 21.7 Å². The van der Waals surface area contributed by atoms with E-state index in [1.165, 1.54) is 4.70 Å². The lowest BCUT2D eigenvalue weighted by Gasteiger charge is -2.13. The Morgan fingerprint density at radius 1 is 1.32 bits per heavy atom. The SMILES string of the molecule is O=C(NCCCc1nc2ccccc2s1)NCC1(CO)CC1. The highest BCUT2D eigenvalue weighted by Gasteiger charge is 2.42. The summed E-state index contributed by atoms with van der Waals surface area (Å²) >= 11 is 1.71. The van der Waals surface area contributed by atoms with Crippen LogP contribution in [-0.2, 0) is 6.42 Å². The Bertz CT molecular complexity index is 619. The first-order valence-electron chi connectivity index (χ1n) is 7.68. The molecule has 1 aromatic heterocycles. The Balaban J connectivity index is 1.35. The second kappa shape index (κ2) is 6.62. The molecule has 1 aromatic carbocycles. The molecule has 1 aliphatic carbocycles. The maximum absolute atomic E-state index is 11.7. The highest BCUT2D eigenvalue weighted by atomic mass is 32.1. The van der Waals surface area contributed by atoms with Crippen LogP contribution in [0.15, 0.2) is 24.3 Å². The van der Waals surface area contributed by atoms with Crippen molar-refractivity contribution in [3.05, 3.63) is 29.3 Å². The van der Waals surface area contributed by atoms with Crippen LogP contribution in [0.5, 0.6) is 0 Å². The molecule has 1 aliphatic rings.